The average molecular weight is 345 g/mol. The first kappa shape index (κ1) is 15.6. The van der Waals surface area contributed by atoms with Crippen molar-refractivity contribution in [1.29, 1.82) is 0 Å². The van der Waals surface area contributed by atoms with Gasteiger partial charge < -0.3 is 10.3 Å². The van der Waals surface area contributed by atoms with E-state index in [1.54, 1.807) is 29.5 Å². The molecule has 118 valence electrons. The maximum atomic E-state index is 12.3. The van der Waals surface area contributed by atoms with Crippen LogP contribution in [0.3, 0.4) is 0 Å². The SMILES string of the molecule is CCn1c(=S)[nH]c2cc(C(=O)NCc3cccs3)ccc2c1=O. The number of aromatic nitrogens is 2. The Balaban J connectivity index is 1.92. The van der Waals surface area contributed by atoms with E-state index in [9.17, 15) is 9.59 Å². The molecule has 1 amide bonds. The summed E-state index contributed by atoms with van der Waals surface area (Å²) >= 11 is 6.78. The summed E-state index contributed by atoms with van der Waals surface area (Å²) in [6.45, 7) is 2.86. The first-order valence-corrected chi connectivity index (χ1v) is 8.46. The van der Waals surface area contributed by atoms with Gasteiger partial charge in [0.25, 0.3) is 11.5 Å². The topological polar surface area (TPSA) is 66.9 Å². The number of fused-ring (bicyclic) bond motifs is 1. The fourth-order valence-electron chi connectivity index (χ4n) is 2.37. The lowest BCUT2D eigenvalue weighted by molar-refractivity contribution is 0.0951. The number of rotatable bonds is 4. The largest absolute Gasteiger partial charge is 0.347 e. The highest BCUT2D eigenvalue weighted by atomic mass is 32.1. The summed E-state index contributed by atoms with van der Waals surface area (Å²) < 4.78 is 1.86. The van der Waals surface area contributed by atoms with Crippen molar-refractivity contribution in [2.45, 2.75) is 20.0 Å². The molecule has 3 rings (SSSR count). The van der Waals surface area contributed by atoms with Crippen LogP contribution < -0.4 is 10.9 Å². The molecule has 0 bridgehead atoms. The quantitative estimate of drug-likeness (QED) is 0.714. The Bertz CT molecular complexity index is 971. The van der Waals surface area contributed by atoms with E-state index in [0.29, 0.717) is 34.3 Å². The molecule has 23 heavy (non-hydrogen) atoms. The molecular weight excluding hydrogens is 330 g/mol. The molecule has 0 radical (unpaired) electrons. The molecule has 0 spiro atoms. The number of nitrogens with zero attached hydrogens (tertiary/aromatic N) is 1. The molecule has 0 aliphatic rings. The number of hydrogen-bond acceptors (Lipinski definition) is 4. The third-order valence-corrected chi connectivity index (χ3v) is 4.76. The van der Waals surface area contributed by atoms with Gasteiger partial charge in [-0.1, -0.05) is 6.07 Å². The van der Waals surface area contributed by atoms with Crippen molar-refractivity contribution in [3.8, 4) is 0 Å². The van der Waals surface area contributed by atoms with Crippen LogP contribution in [0.1, 0.15) is 22.2 Å². The second kappa shape index (κ2) is 6.47. The molecule has 7 heteroatoms. The summed E-state index contributed by atoms with van der Waals surface area (Å²) in [5.74, 6) is -0.181. The maximum absolute atomic E-state index is 12.3. The highest BCUT2D eigenvalue weighted by Gasteiger charge is 2.10. The monoisotopic (exact) mass is 345 g/mol. The maximum Gasteiger partial charge on any atom is 0.262 e. The molecule has 2 heterocycles. The minimum atomic E-state index is -0.181. The van der Waals surface area contributed by atoms with Gasteiger partial charge in [0.2, 0.25) is 0 Å². The van der Waals surface area contributed by atoms with Crippen molar-refractivity contribution in [1.82, 2.24) is 14.9 Å². The number of aromatic amines is 1. The lowest BCUT2D eigenvalue weighted by Gasteiger charge is -2.07. The number of amides is 1. The third-order valence-electron chi connectivity index (χ3n) is 3.56. The standard InChI is InChI=1S/C16H15N3O2S2/c1-2-19-15(21)12-6-5-10(8-13(12)18-16(19)22)14(20)17-9-11-4-3-7-23-11/h3-8H,2,9H2,1H3,(H,17,20)(H,18,22). The van der Waals surface area contributed by atoms with E-state index in [0.717, 1.165) is 4.88 Å². The van der Waals surface area contributed by atoms with Crippen LogP contribution in [-0.4, -0.2) is 15.5 Å². The Morgan fingerprint density at radius 3 is 2.91 bits per heavy atom. The number of benzene rings is 1. The number of nitrogens with one attached hydrogen (secondary N) is 2. The summed E-state index contributed by atoms with van der Waals surface area (Å²) in [4.78, 5) is 28.7. The molecule has 0 aliphatic heterocycles. The molecular formula is C16H15N3O2S2. The average Bonchev–Trinajstić information content (AvgIpc) is 3.06. The van der Waals surface area contributed by atoms with Gasteiger partial charge in [-0.2, -0.15) is 0 Å². The molecule has 3 aromatic rings. The molecule has 0 aliphatic carbocycles. The second-order valence-electron chi connectivity index (χ2n) is 5.00. The second-order valence-corrected chi connectivity index (χ2v) is 6.42. The van der Waals surface area contributed by atoms with Gasteiger partial charge >= 0.3 is 0 Å². The van der Waals surface area contributed by atoms with Gasteiger partial charge in [-0.25, -0.2) is 0 Å². The molecule has 0 atom stereocenters. The van der Waals surface area contributed by atoms with Crippen molar-refractivity contribution in [3.63, 3.8) is 0 Å². The summed E-state index contributed by atoms with van der Waals surface area (Å²) in [6.07, 6.45) is 0. The lowest BCUT2D eigenvalue weighted by Crippen LogP contribution is -2.23. The normalized spacial score (nSPS) is 10.8. The molecule has 0 fully saturated rings. The van der Waals surface area contributed by atoms with Crippen molar-refractivity contribution >= 4 is 40.4 Å². The van der Waals surface area contributed by atoms with Crippen LogP contribution in [0.15, 0.2) is 40.5 Å². The van der Waals surface area contributed by atoms with Gasteiger partial charge in [0.05, 0.1) is 17.4 Å². The van der Waals surface area contributed by atoms with Crippen molar-refractivity contribution in [2.75, 3.05) is 0 Å². The van der Waals surface area contributed by atoms with E-state index in [1.165, 1.54) is 4.57 Å². The Labute approximate surface area is 141 Å². The predicted octanol–water partition coefficient (Wildman–Crippen LogP) is 3.07. The zero-order valence-electron chi connectivity index (χ0n) is 12.5. The summed E-state index contributed by atoms with van der Waals surface area (Å²) in [7, 11) is 0. The van der Waals surface area contributed by atoms with Crippen LogP contribution in [0.25, 0.3) is 10.9 Å². The minimum absolute atomic E-state index is 0.142. The molecule has 0 saturated heterocycles. The molecule has 0 unspecified atom stereocenters. The van der Waals surface area contributed by atoms with Crippen LogP contribution in [-0.2, 0) is 13.1 Å². The van der Waals surface area contributed by atoms with Gasteiger partial charge in [0.15, 0.2) is 4.77 Å². The van der Waals surface area contributed by atoms with Crippen LogP contribution >= 0.6 is 23.6 Å². The third kappa shape index (κ3) is 3.11. The van der Waals surface area contributed by atoms with Crippen LogP contribution in [0.4, 0.5) is 0 Å². The fourth-order valence-corrected chi connectivity index (χ4v) is 3.33. The van der Waals surface area contributed by atoms with E-state index >= 15 is 0 Å². The number of hydrogen-bond donors (Lipinski definition) is 2. The number of carbonyl (C=O) groups excluding carboxylic acids is 1. The van der Waals surface area contributed by atoms with E-state index in [-0.39, 0.29) is 11.5 Å². The van der Waals surface area contributed by atoms with Crippen molar-refractivity contribution in [3.05, 3.63) is 61.3 Å². The summed E-state index contributed by atoms with van der Waals surface area (Å²) in [5.41, 5.74) is 0.929. The van der Waals surface area contributed by atoms with Gasteiger partial charge in [0.1, 0.15) is 0 Å². The van der Waals surface area contributed by atoms with E-state index in [4.69, 9.17) is 12.2 Å². The Hall–Kier alpha value is -2.25. The zero-order valence-corrected chi connectivity index (χ0v) is 14.1. The van der Waals surface area contributed by atoms with E-state index in [2.05, 4.69) is 10.3 Å². The van der Waals surface area contributed by atoms with Gasteiger partial charge in [0, 0.05) is 17.0 Å². The van der Waals surface area contributed by atoms with Gasteiger partial charge in [-0.05, 0) is 48.8 Å². The molecule has 1 aromatic carbocycles. The first-order valence-electron chi connectivity index (χ1n) is 7.17. The van der Waals surface area contributed by atoms with E-state index in [1.807, 2.05) is 24.4 Å². The molecule has 2 aromatic heterocycles. The minimum Gasteiger partial charge on any atom is -0.347 e. The van der Waals surface area contributed by atoms with Crippen molar-refractivity contribution in [2.24, 2.45) is 0 Å². The Kier molecular flexibility index (Phi) is 4.40. The van der Waals surface area contributed by atoms with Gasteiger partial charge in [-0.3, -0.25) is 14.2 Å². The Morgan fingerprint density at radius 1 is 1.39 bits per heavy atom. The van der Waals surface area contributed by atoms with Crippen LogP contribution in [0.5, 0.6) is 0 Å². The lowest BCUT2D eigenvalue weighted by atomic mass is 10.1. The summed E-state index contributed by atoms with van der Waals surface area (Å²) in [6, 6.07) is 8.90. The fraction of sp³-hybridized carbons (Fsp3) is 0.188. The molecule has 2 N–H and O–H groups in total. The van der Waals surface area contributed by atoms with Crippen LogP contribution in [0.2, 0.25) is 0 Å². The Morgan fingerprint density at radius 2 is 2.22 bits per heavy atom. The van der Waals surface area contributed by atoms with Crippen LogP contribution in [0, 0.1) is 4.77 Å². The predicted molar refractivity (Wildman–Crippen MR) is 94.6 cm³/mol. The smallest absolute Gasteiger partial charge is 0.262 e. The number of carbonyl (C=O) groups is 1. The highest BCUT2D eigenvalue weighted by molar-refractivity contribution is 7.71. The zero-order chi connectivity index (χ0) is 16.4. The summed E-state index contributed by atoms with van der Waals surface area (Å²) in [5, 5.41) is 5.36. The number of thiophene rings is 1. The molecule has 0 saturated carbocycles. The first-order chi connectivity index (χ1) is 11.1. The molecule has 5 nitrogen and oxygen atoms in total. The van der Waals surface area contributed by atoms with Crippen molar-refractivity contribution < 1.29 is 4.79 Å². The number of H-pyrrole nitrogens is 1. The highest BCUT2D eigenvalue weighted by Crippen LogP contribution is 2.12. The van der Waals surface area contributed by atoms with Gasteiger partial charge in [-0.15, -0.1) is 11.3 Å². The van der Waals surface area contributed by atoms with E-state index < -0.39 is 0 Å².